The Hall–Kier alpha value is -1.52. The maximum absolute atomic E-state index is 11.5. The third kappa shape index (κ3) is 2.60. The monoisotopic (exact) mass is 265 g/mol. The second kappa shape index (κ2) is 5.63. The van der Waals surface area contributed by atoms with Crippen LogP contribution in [0.15, 0.2) is 12.4 Å². The van der Waals surface area contributed by atoms with Gasteiger partial charge in [-0.2, -0.15) is 0 Å². The first kappa shape index (κ1) is 13.9. The van der Waals surface area contributed by atoms with E-state index in [2.05, 4.69) is 28.3 Å². The molecule has 0 bridgehead atoms. The van der Waals surface area contributed by atoms with Gasteiger partial charge in [-0.25, -0.2) is 4.98 Å². The molecule has 1 saturated heterocycles. The number of imidazole rings is 1. The van der Waals surface area contributed by atoms with E-state index in [1.807, 2.05) is 12.4 Å². The van der Waals surface area contributed by atoms with Crippen molar-refractivity contribution in [1.82, 2.24) is 9.55 Å². The summed E-state index contributed by atoms with van der Waals surface area (Å²) in [4.78, 5) is 18.1. The number of hydrogen-bond donors (Lipinski definition) is 1. The minimum absolute atomic E-state index is 0.519. The fraction of sp³-hybridized carbons (Fsp3) is 0.714. The van der Waals surface area contributed by atoms with E-state index < -0.39 is 11.4 Å². The number of nitrogens with zero attached hydrogens (tertiary/aromatic N) is 3. The molecule has 0 atom stereocenters. The fourth-order valence-corrected chi connectivity index (χ4v) is 3.02. The fourth-order valence-electron chi connectivity index (χ4n) is 3.02. The Kier molecular flexibility index (Phi) is 4.12. The molecule has 5 nitrogen and oxygen atoms in total. The molecule has 1 aliphatic heterocycles. The van der Waals surface area contributed by atoms with Crippen LogP contribution in [-0.2, 0) is 11.3 Å². The van der Waals surface area contributed by atoms with Crippen LogP contribution in [0.5, 0.6) is 0 Å². The first-order chi connectivity index (χ1) is 9.13. The van der Waals surface area contributed by atoms with Gasteiger partial charge in [-0.1, -0.05) is 13.3 Å². The molecule has 0 spiro atoms. The van der Waals surface area contributed by atoms with Gasteiger partial charge in [0, 0.05) is 32.0 Å². The van der Waals surface area contributed by atoms with Gasteiger partial charge in [0.05, 0.1) is 5.41 Å². The number of hydrogen-bond acceptors (Lipinski definition) is 3. The number of piperidine rings is 1. The van der Waals surface area contributed by atoms with Gasteiger partial charge in [0.2, 0.25) is 5.95 Å². The molecule has 0 unspecified atom stereocenters. The third-order valence-corrected chi connectivity index (χ3v) is 4.22. The molecule has 19 heavy (non-hydrogen) atoms. The van der Waals surface area contributed by atoms with E-state index in [4.69, 9.17) is 0 Å². The first-order valence-corrected chi connectivity index (χ1v) is 7.12. The van der Waals surface area contributed by atoms with Crippen LogP contribution in [0.25, 0.3) is 0 Å². The molecule has 0 radical (unpaired) electrons. The highest BCUT2D eigenvalue weighted by atomic mass is 16.4. The highest BCUT2D eigenvalue weighted by molar-refractivity contribution is 5.75. The lowest BCUT2D eigenvalue weighted by molar-refractivity contribution is -0.150. The zero-order valence-electron chi connectivity index (χ0n) is 11.8. The second-order valence-corrected chi connectivity index (χ2v) is 5.34. The van der Waals surface area contributed by atoms with Gasteiger partial charge in [0.25, 0.3) is 0 Å². The molecule has 0 aliphatic carbocycles. The Morgan fingerprint density at radius 1 is 1.42 bits per heavy atom. The Morgan fingerprint density at radius 2 is 2.11 bits per heavy atom. The van der Waals surface area contributed by atoms with E-state index in [9.17, 15) is 9.90 Å². The van der Waals surface area contributed by atoms with Crippen LogP contribution < -0.4 is 4.90 Å². The maximum Gasteiger partial charge on any atom is 0.309 e. The Bertz CT molecular complexity index is 434. The number of carbonyl (C=O) groups is 1. The zero-order chi connectivity index (χ0) is 13.9. The standard InChI is InChI=1S/C14H23N3O2/c1-3-5-14(12(18)19)6-9-17(10-7-14)13-15-8-11-16(13)4-2/h8,11H,3-7,9-10H2,1-2H3,(H,18,19). The largest absolute Gasteiger partial charge is 0.481 e. The molecular formula is C14H23N3O2. The predicted molar refractivity (Wildman–Crippen MR) is 74.3 cm³/mol. The van der Waals surface area contributed by atoms with Gasteiger partial charge < -0.3 is 14.6 Å². The predicted octanol–water partition coefficient (Wildman–Crippen LogP) is 2.37. The van der Waals surface area contributed by atoms with Gasteiger partial charge in [0.1, 0.15) is 0 Å². The number of aliphatic carboxylic acids is 1. The summed E-state index contributed by atoms with van der Waals surface area (Å²) in [5.41, 5.74) is -0.519. The summed E-state index contributed by atoms with van der Waals surface area (Å²) in [6.07, 6.45) is 6.91. The number of aromatic nitrogens is 2. The van der Waals surface area contributed by atoms with Gasteiger partial charge in [-0.15, -0.1) is 0 Å². The van der Waals surface area contributed by atoms with E-state index in [-0.39, 0.29) is 0 Å². The SMILES string of the molecule is CCCC1(C(=O)O)CCN(c2nccn2CC)CC1. The van der Waals surface area contributed by atoms with Crippen LogP contribution in [0.4, 0.5) is 5.95 Å². The van der Waals surface area contributed by atoms with E-state index in [1.165, 1.54) is 0 Å². The van der Waals surface area contributed by atoms with Crippen molar-refractivity contribution in [3.05, 3.63) is 12.4 Å². The number of carboxylic acid groups (broad SMARTS) is 1. The number of rotatable bonds is 5. The molecule has 1 aromatic rings. The van der Waals surface area contributed by atoms with Crippen molar-refractivity contribution in [3.8, 4) is 0 Å². The molecule has 106 valence electrons. The van der Waals surface area contributed by atoms with Crippen LogP contribution in [0.2, 0.25) is 0 Å². The first-order valence-electron chi connectivity index (χ1n) is 7.12. The molecule has 1 N–H and O–H groups in total. The summed E-state index contributed by atoms with van der Waals surface area (Å²) < 4.78 is 2.10. The highest BCUT2D eigenvalue weighted by Crippen LogP contribution is 2.37. The quantitative estimate of drug-likeness (QED) is 0.888. The van der Waals surface area contributed by atoms with Crippen LogP contribution >= 0.6 is 0 Å². The van der Waals surface area contributed by atoms with Crippen LogP contribution in [0.3, 0.4) is 0 Å². The molecule has 1 aliphatic rings. The molecule has 1 fully saturated rings. The van der Waals surface area contributed by atoms with Crippen LogP contribution in [0, 0.1) is 5.41 Å². The summed E-state index contributed by atoms with van der Waals surface area (Å²) >= 11 is 0. The van der Waals surface area contributed by atoms with Crippen molar-refractivity contribution in [2.45, 2.75) is 46.1 Å². The minimum Gasteiger partial charge on any atom is -0.481 e. The van der Waals surface area contributed by atoms with Crippen molar-refractivity contribution in [3.63, 3.8) is 0 Å². The average Bonchev–Trinajstić information content (AvgIpc) is 2.88. The highest BCUT2D eigenvalue weighted by Gasteiger charge is 2.41. The zero-order valence-corrected chi connectivity index (χ0v) is 11.8. The van der Waals surface area contributed by atoms with Gasteiger partial charge >= 0.3 is 5.97 Å². The van der Waals surface area contributed by atoms with Gasteiger partial charge in [-0.05, 0) is 26.2 Å². The minimum atomic E-state index is -0.632. The third-order valence-electron chi connectivity index (χ3n) is 4.22. The van der Waals surface area contributed by atoms with Crippen molar-refractivity contribution < 1.29 is 9.90 Å². The number of aryl methyl sites for hydroxylation is 1. The lowest BCUT2D eigenvalue weighted by Gasteiger charge is -2.39. The normalized spacial score (nSPS) is 18.5. The van der Waals surface area contributed by atoms with Crippen molar-refractivity contribution in [1.29, 1.82) is 0 Å². The second-order valence-electron chi connectivity index (χ2n) is 5.34. The van der Waals surface area contributed by atoms with E-state index >= 15 is 0 Å². The summed E-state index contributed by atoms with van der Waals surface area (Å²) in [6, 6.07) is 0. The summed E-state index contributed by atoms with van der Waals surface area (Å²) in [5, 5.41) is 9.50. The average molecular weight is 265 g/mol. The van der Waals surface area contributed by atoms with Crippen molar-refractivity contribution >= 4 is 11.9 Å². The van der Waals surface area contributed by atoms with E-state index in [0.717, 1.165) is 38.4 Å². The van der Waals surface area contributed by atoms with Crippen molar-refractivity contribution in [2.75, 3.05) is 18.0 Å². The van der Waals surface area contributed by atoms with Crippen LogP contribution in [0.1, 0.15) is 39.5 Å². The number of anilines is 1. The lowest BCUT2D eigenvalue weighted by Crippen LogP contribution is -2.45. The topological polar surface area (TPSA) is 58.4 Å². The lowest BCUT2D eigenvalue weighted by atomic mass is 9.75. The smallest absolute Gasteiger partial charge is 0.309 e. The van der Waals surface area contributed by atoms with Crippen LogP contribution in [-0.4, -0.2) is 33.7 Å². The molecule has 0 saturated carbocycles. The van der Waals surface area contributed by atoms with E-state index in [0.29, 0.717) is 12.8 Å². The van der Waals surface area contributed by atoms with Gasteiger partial charge in [-0.3, -0.25) is 4.79 Å². The Morgan fingerprint density at radius 3 is 2.63 bits per heavy atom. The maximum atomic E-state index is 11.5. The summed E-state index contributed by atoms with van der Waals surface area (Å²) in [7, 11) is 0. The molecule has 0 amide bonds. The molecule has 0 aromatic carbocycles. The van der Waals surface area contributed by atoms with Crippen molar-refractivity contribution in [2.24, 2.45) is 5.41 Å². The summed E-state index contributed by atoms with van der Waals surface area (Å²) in [6.45, 7) is 6.60. The molecule has 2 rings (SSSR count). The van der Waals surface area contributed by atoms with Gasteiger partial charge in [0.15, 0.2) is 0 Å². The molecular weight excluding hydrogens is 242 g/mol. The molecule has 2 heterocycles. The summed E-state index contributed by atoms with van der Waals surface area (Å²) in [5.74, 6) is 0.339. The Labute approximate surface area is 114 Å². The number of carboxylic acids is 1. The van der Waals surface area contributed by atoms with E-state index in [1.54, 1.807) is 0 Å². The molecule has 1 aromatic heterocycles. The Balaban J connectivity index is 2.08. The molecule has 5 heteroatoms.